The Kier molecular flexibility index (Phi) is 6.50. The Balaban J connectivity index is 4.52. The van der Waals surface area contributed by atoms with E-state index in [-0.39, 0.29) is 18.6 Å². The van der Waals surface area contributed by atoms with Crippen molar-refractivity contribution in [3.63, 3.8) is 0 Å². The molecule has 15 heavy (non-hydrogen) atoms. The van der Waals surface area contributed by atoms with Crippen LogP contribution in [0.1, 0.15) is 20.3 Å². The van der Waals surface area contributed by atoms with Crippen molar-refractivity contribution in [2.45, 2.75) is 20.3 Å². The van der Waals surface area contributed by atoms with E-state index in [1.54, 1.807) is 13.8 Å². The first-order valence-corrected chi connectivity index (χ1v) is 4.31. The van der Waals surface area contributed by atoms with Crippen LogP contribution in [0.2, 0.25) is 0 Å². The fraction of sp³-hybridized carbons (Fsp3) is 0.444. The molecule has 6 nitrogen and oxygen atoms in total. The van der Waals surface area contributed by atoms with Gasteiger partial charge in [-0.05, 0) is 13.3 Å². The van der Waals surface area contributed by atoms with Crippen molar-refractivity contribution in [1.29, 1.82) is 0 Å². The van der Waals surface area contributed by atoms with Gasteiger partial charge in [-0.25, -0.2) is 14.4 Å². The van der Waals surface area contributed by atoms with E-state index in [2.05, 4.69) is 14.7 Å². The molecule has 0 spiro atoms. The summed E-state index contributed by atoms with van der Waals surface area (Å²) in [6, 6.07) is 0. The highest BCUT2D eigenvalue weighted by atomic mass is 16.7. The van der Waals surface area contributed by atoms with Gasteiger partial charge in [0.2, 0.25) is 0 Å². The second kappa shape index (κ2) is 7.46. The molecule has 0 aromatic rings. The molecule has 0 N–H and O–H groups in total. The van der Waals surface area contributed by atoms with E-state index in [9.17, 15) is 14.4 Å². The first-order valence-electron chi connectivity index (χ1n) is 4.31. The zero-order valence-electron chi connectivity index (χ0n) is 8.48. The maximum atomic E-state index is 11.1. The van der Waals surface area contributed by atoms with Gasteiger partial charge in [-0.2, -0.15) is 0 Å². The van der Waals surface area contributed by atoms with Crippen molar-refractivity contribution in [1.82, 2.24) is 0 Å². The number of carbonyl (C=O) groups excluding carboxylic acids is 3. The molecule has 0 bridgehead atoms. The fourth-order valence-electron chi connectivity index (χ4n) is 0.750. The molecule has 0 saturated heterocycles. The van der Waals surface area contributed by atoms with Crippen LogP contribution in [0.25, 0.3) is 0 Å². The molecule has 0 aliphatic rings. The number of rotatable bonds is 5. The summed E-state index contributed by atoms with van der Waals surface area (Å²) in [7, 11) is 0. The molecule has 0 atom stereocenters. The molecule has 0 heterocycles. The SMILES string of the molecule is CCOC(=O)/C=C(\CC)C(=O)ON=C=O. The molecular formula is C9H11NO5. The molecular weight excluding hydrogens is 202 g/mol. The van der Waals surface area contributed by atoms with Gasteiger partial charge in [-0.1, -0.05) is 6.92 Å². The number of isocyanates is 1. The topological polar surface area (TPSA) is 82.0 Å². The summed E-state index contributed by atoms with van der Waals surface area (Å²) >= 11 is 0. The summed E-state index contributed by atoms with van der Waals surface area (Å²) < 4.78 is 4.60. The summed E-state index contributed by atoms with van der Waals surface area (Å²) in [4.78, 5) is 35.9. The van der Waals surface area contributed by atoms with Crippen LogP contribution in [0, 0.1) is 0 Å². The lowest BCUT2D eigenvalue weighted by Crippen LogP contribution is -2.08. The molecule has 0 unspecified atom stereocenters. The molecule has 82 valence electrons. The van der Waals surface area contributed by atoms with Crippen molar-refractivity contribution in [3.8, 4) is 0 Å². The highest BCUT2D eigenvalue weighted by Gasteiger charge is 2.11. The maximum absolute atomic E-state index is 11.1. The molecule has 0 aliphatic carbocycles. The number of carbonyl (C=O) groups is 2. The minimum Gasteiger partial charge on any atom is -0.463 e. The first kappa shape index (κ1) is 13.1. The van der Waals surface area contributed by atoms with Crippen LogP contribution in [-0.2, 0) is 24.0 Å². The normalized spacial score (nSPS) is 10.1. The van der Waals surface area contributed by atoms with Gasteiger partial charge in [0.15, 0.2) is 0 Å². The summed E-state index contributed by atoms with van der Waals surface area (Å²) in [5.41, 5.74) is 0.0763. The summed E-state index contributed by atoms with van der Waals surface area (Å²) in [5, 5.41) is 2.65. The quantitative estimate of drug-likeness (QED) is 0.167. The number of ether oxygens (including phenoxy) is 1. The van der Waals surface area contributed by atoms with Gasteiger partial charge < -0.3 is 9.57 Å². The zero-order valence-corrected chi connectivity index (χ0v) is 8.48. The van der Waals surface area contributed by atoms with E-state index in [0.717, 1.165) is 12.2 Å². The monoisotopic (exact) mass is 213 g/mol. The van der Waals surface area contributed by atoms with Gasteiger partial charge in [0.05, 0.1) is 6.61 Å². The maximum Gasteiger partial charge on any atom is 0.363 e. The molecule has 0 saturated carbocycles. The highest BCUT2D eigenvalue weighted by molar-refractivity contribution is 5.96. The van der Waals surface area contributed by atoms with E-state index >= 15 is 0 Å². The Morgan fingerprint density at radius 3 is 2.53 bits per heavy atom. The van der Waals surface area contributed by atoms with Crippen LogP contribution in [-0.4, -0.2) is 24.6 Å². The predicted octanol–water partition coefficient (Wildman–Crippen LogP) is 0.680. The number of esters is 1. The van der Waals surface area contributed by atoms with Crippen LogP contribution >= 0.6 is 0 Å². The lowest BCUT2D eigenvalue weighted by molar-refractivity contribution is -0.141. The van der Waals surface area contributed by atoms with E-state index in [4.69, 9.17) is 0 Å². The van der Waals surface area contributed by atoms with Crippen LogP contribution < -0.4 is 0 Å². The number of nitrogens with zero attached hydrogens (tertiary/aromatic N) is 1. The Morgan fingerprint density at radius 2 is 2.07 bits per heavy atom. The minimum absolute atomic E-state index is 0.0763. The van der Waals surface area contributed by atoms with E-state index in [0.29, 0.717) is 0 Å². The third-order valence-corrected chi connectivity index (χ3v) is 1.39. The predicted molar refractivity (Wildman–Crippen MR) is 49.2 cm³/mol. The molecule has 6 heteroatoms. The standard InChI is InChI=1S/C9H11NO5/c1-3-7(5-8(12)14-4-2)9(13)15-10-6-11/h5H,3-4H2,1-2H3/b7-5+. The van der Waals surface area contributed by atoms with Crippen LogP contribution in [0.4, 0.5) is 0 Å². The molecule has 0 aliphatic heterocycles. The van der Waals surface area contributed by atoms with Crippen molar-refractivity contribution < 1.29 is 24.0 Å². The number of hydrogen-bond acceptors (Lipinski definition) is 6. The lowest BCUT2D eigenvalue weighted by Gasteiger charge is -2.00. The summed E-state index contributed by atoms with van der Waals surface area (Å²) in [6.45, 7) is 3.51. The van der Waals surface area contributed by atoms with Crippen molar-refractivity contribution in [2.24, 2.45) is 5.16 Å². The van der Waals surface area contributed by atoms with Gasteiger partial charge in [0.25, 0.3) is 6.08 Å². The van der Waals surface area contributed by atoms with Crippen LogP contribution in [0.3, 0.4) is 0 Å². The average molecular weight is 213 g/mol. The van der Waals surface area contributed by atoms with Gasteiger partial charge in [0.1, 0.15) is 0 Å². The third kappa shape index (κ3) is 5.38. The zero-order chi connectivity index (χ0) is 11.7. The van der Waals surface area contributed by atoms with Crippen molar-refractivity contribution in [3.05, 3.63) is 11.6 Å². The minimum atomic E-state index is -0.867. The summed E-state index contributed by atoms with van der Waals surface area (Å²) in [6.07, 6.45) is 2.32. The summed E-state index contributed by atoms with van der Waals surface area (Å²) in [5.74, 6) is -1.50. The van der Waals surface area contributed by atoms with Gasteiger partial charge in [-0.3, -0.25) is 0 Å². The van der Waals surface area contributed by atoms with Crippen molar-refractivity contribution >= 4 is 18.0 Å². The molecule has 0 rings (SSSR count). The largest absolute Gasteiger partial charge is 0.463 e. The van der Waals surface area contributed by atoms with E-state index in [1.807, 2.05) is 0 Å². The highest BCUT2D eigenvalue weighted by Crippen LogP contribution is 2.04. The van der Waals surface area contributed by atoms with Crippen molar-refractivity contribution in [2.75, 3.05) is 6.61 Å². The third-order valence-electron chi connectivity index (χ3n) is 1.39. The van der Waals surface area contributed by atoms with Crippen LogP contribution in [0.15, 0.2) is 16.8 Å². The van der Waals surface area contributed by atoms with Gasteiger partial charge in [0, 0.05) is 16.8 Å². The average Bonchev–Trinajstić information content (AvgIpc) is 2.22. The number of hydrogen-bond donors (Lipinski definition) is 0. The van der Waals surface area contributed by atoms with Gasteiger partial charge in [-0.15, -0.1) is 0 Å². The lowest BCUT2D eigenvalue weighted by atomic mass is 10.2. The van der Waals surface area contributed by atoms with E-state index in [1.165, 1.54) is 0 Å². The van der Waals surface area contributed by atoms with Crippen LogP contribution in [0.5, 0.6) is 0 Å². The van der Waals surface area contributed by atoms with Gasteiger partial charge >= 0.3 is 11.9 Å². The second-order valence-corrected chi connectivity index (χ2v) is 2.34. The first-order chi connectivity index (χ1) is 7.15. The Labute approximate surface area is 86.5 Å². The Bertz CT molecular complexity index is 314. The fourth-order valence-corrected chi connectivity index (χ4v) is 0.750. The smallest absolute Gasteiger partial charge is 0.363 e. The molecule has 0 aromatic carbocycles. The molecule has 0 fully saturated rings. The van der Waals surface area contributed by atoms with E-state index < -0.39 is 11.9 Å². The Morgan fingerprint density at radius 1 is 1.40 bits per heavy atom. The molecule has 0 radical (unpaired) electrons. The second-order valence-electron chi connectivity index (χ2n) is 2.34. The molecule has 0 amide bonds. The Hall–Kier alpha value is -1.94. The molecule has 0 aromatic heterocycles.